The zero-order valence-corrected chi connectivity index (χ0v) is 11.7. The van der Waals surface area contributed by atoms with Crippen molar-refractivity contribution in [3.8, 4) is 0 Å². The quantitative estimate of drug-likeness (QED) is 0.777. The third-order valence-corrected chi connectivity index (χ3v) is 3.10. The molecule has 1 N–H and O–H groups in total. The molecule has 0 aliphatic heterocycles. The van der Waals surface area contributed by atoms with Crippen molar-refractivity contribution < 1.29 is 14.6 Å². The highest BCUT2D eigenvalue weighted by molar-refractivity contribution is 6.35. The number of ether oxygens (including phenoxy) is 1. The van der Waals surface area contributed by atoms with E-state index >= 15 is 0 Å². The Kier molecular flexibility index (Phi) is 6.47. The molecule has 0 aromatic heterocycles. The van der Waals surface area contributed by atoms with Crippen molar-refractivity contribution >= 4 is 29.2 Å². The van der Waals surface area contributed by atoms with Gasteiger partial charge in [-0.1, -0.05) is 42.6 Å². The van der Waals surface area contributed by atoms with E-state index in [1.807, 2.05) is 6.92 Å². The first-order chi connectivity index (χ1) is 8.54. The number of unbranched alkanes of at least 4 members (excludes halogenated alkanes) is 1. The van der Waals surface area contributed by atoms with Gasteiger partial charge in [-0.3, -0.25) is 0 Å². The van der Waals surface area contributed by atoms with Gasteiger partial charge in [-0.15, -0.1) is 0 Å². The topological polar surface area (TPSA) is 46.5 Å². The Bertz CT molecular complexity index is 407. The summed E-state index contributed by atoms with van der Waals surface area (Å²) in [5, 5.41) is 10.1. The van der Waals surface area contributed by atoms with Crippen LogP contribution in [0.1, 0.15) is 25.3 Å². The van der Waals surface area contributed by atoms with E-state index in [-0.39, 0.29) is 6.42 Å². The van der Waals surface area contributed by atoms with Crippen LogP contribution >= 0.6 is 23.2 Å². The fourth-order valence-electron chi connectivity index (χ4n) is 1.47. The predicted molar refractivity (Wildman–Crippen MR) is 72.4 cm³/mol. The van der Waals surface area contributed by atoms with Crippen molar-refractivity contribution in [2.24, 2.45) is 0 Å². The summed E-state index contributed by atoms with van der Waals surface area (Å²) in [6.07, 6.45) is 1.19. The number of rotatable bonds is 7. The number of hydrogen-bond donors (Lipinski definition) is 1. The van der Waals surface area contributed by atoms with Gasteiger partial charge < -0.3 is 9.84 Å². The lowest BCUT2D eigenvalue weighted by Gasteiger charge is -2.14. The van der Waals surface area contributed by atoms with Crippen molar-refractivity contribution in [3.63, 3.8) is 0 Å². The minimum atomic E-state index is -0.975. The number of carbonyl (C=O) groups is 1. The van der Waals surface area contributed by atoms with Gasteiger partial charge in [0.25, 0.3) is 0 Å². The van der Waals surface area contributed by atoms with E-state index < -0.39 is 12.1 Å². The minimum Gasteiger partial charge on any atom is -0.479 e. The monoisotopic (exact) mass is 290 g/mol. The van der Waals surface area contributed by atoms with E-state index in [1.165, 1.54) is 0 Å². The number of carboxylic acids is 1. The second-order valence-corrected chi connectivity index (χ2v) is 4.83. The Hall–Kier alpha value is -0.770. The Morgan fingerprint density at radius 1 is 1.44 bits per heavy atom. The molecule has 0 spiro atoms. The summed E-state index contributed by atoms with van der Waals surface area (Å²) in [5.41, 5.74) is 0.727. The summed E-state index contributed by atoms with van der Waals surface area (Å²) >= 11 is 11.8. The fraction of sp³-hybridized carbons (Fsp3) is 0.462. The summed E-state index contributed by atoms with van der Waals surface area (Å²) in [6.45, 7) is 2.47. The number of aliphatic carboxylic acids is 1. The summed E-state index contributed by atoms with van der Waals surface area (Å²) in [6, 6.07) is 5.01. The van der Waals surface area contributed by atoms with Crippen LogP contribution in [-0.2, 0) is 16.0 Å². The van der Waals surface area contributed by atoms with E-state index in [1.54, 1.807) is 18.2 Å². The van der Waals surface area contributed by atoms with Crippen molar-refractivity contribution in [2.75, 3.05) is 6.61 Å². The molecule has 0 amide bonds. The Balaban J connectivity index is 2.67. The van der Waals surface area contributed by atoms with Crippen LogP contribution in [0.5, 0.6) is 0 Å². The molecule has 0 saturated carbocycles. The number of halogens is 2. The molecule has 1 aromatic rings. The Labute approximate surface area is 117 Å². The lowest BCUT2D eigenvalue weighted by molar-refractivity contribution is -0.150. The second-order valence-electron chi connectivity index (χ2n) is 3.99. The molecule has 0 fully saturated rings. The molecular weight excluding hydrogens is 275 g/mol. The molecule has 0 radical (unpaired) electrons. The van der Waals surface area contributed by atoms with Crippen LogP contribution in [0.4, 0.5) is 0 Å². The standard InChI is InChI=1S/C13H16Cl2O3/c1-2-3-6-18-12(13(16)17)7-9-4-5-10(14)8-11(9)15/h4-5,8,12H,2-3,6-7H2,1H3,(H,16,17)/t12-/m1/s1. The van der Waals surface area contributed by atoms with Crippen molar-refractivity contribution in [2.45, 2.75) is 32.3 Å². The zero-order chi connectivity index (χ0) is 13.5. The second kappa shape index (κ2) is 7.62. The van der Waals surface area contributed by atoms with Gasteiger partial charge in [-0.2, -0.15) is 0 Å². The molecule has 5 heteroatoms. The molecule has 1 atom stereocenters. The SMILES string of the molecule is CCCCO[C@H](Cc1ccc(Cl)cc1Cl)C(=O)O. The molecule has 0 aliphatic rings. The zero-order valence-electron chi connectivity index (χ0n) is 10.2. The van der Waals surface area contributed by atoms with Gasteiger partial charge in [0.1, 0.15) is 0 Å². The molecule has 100 valence electrons. The van der Waals surface area contributed by atoms with E-state index in [0.29, 0.717) is 16.7 Å². The van der Waals surface area contributed by atoms with E-state index in [9.17, 15) is 4.79 Å². The molecule has 0 bridgehead atoms. The molecule has 18 heavy (non-hydrogen) atoms. The molecule has 1 aromatic carbocycles. The third-order valence-electron chi connectivity index (χ3n) is 2.51. The first kappa shape index (κ1) is 15.3. The smallest absolute Gasteiger partial charge is 0.333 e. The Morgan fingerprint density at radius 2 is 2.17 bits per heavy atom. The van der Waals surface area contributed by atoms with E-state index in [4.69, 9.17) is 33.0 Å². The van der Waals surface area contributed by atoms with Crippen LogP contribution < -0.4 is 0 Å². The number of carboxylic acid groups (broad SMARTS) is 1. The van der Waals surface area contributed by atoms with E-state index in [2.05, 4.69) is 0 Å². The highest BCUT2D eigenvalue weighted by atomic mass is 35.5. The van der Waals surface area contributed by atoms with Crippen molar-refractivity contribution in [3.05, 3.63) is 33.8 Å². The molecular formula is C13H16Cl2O3. The van der Waals surface area contributed by atoms with Crippen LogP contribution in [0.25, 0.3) is 0 Å². The maximum atomic E-state index is 11.1. The van der Waals surface area contributed by atoms with Gasteiger partial charge in [-0.05, 0) is 24.1 Å². The van der Waals surface area contributed by atoms with E-state index in [0.717, 1.165) is 18.4 Å². The van der Waals surface area contributed by atoms with Gasteiger partial charge in [0.15, 0.2) is 6.10 Å². The highest BCUT2D eigenvalue weighted by Crippen LogP contribution is 2.22. The molecule has 0 saturated heterocycles. The Morgan fingerprint density at radius 3 is 2.72 bits per heavy atom. The fourth-order valence-corrected chi connectivity index (χ4v) is 1.96. The molecule has 3 nitrogen and oxygen atoms in total. The molecule has 0 heterocycles. The number of hydrogen-bond acceptors (Lipinski definition) is 2. The lowest BCUT2D eigenvalue weighted by Crippen LogP contribution is -2.27. The lowest BCUT2D eigenvalue weighted by atomic mass is 10.1. The van der Waals surface area contributed by atoms with Crippen LogP contribution in [0.2, 0.25) is 10.0 Å². The normalized spacial score (nSPS) is 12.4. The maximum Gasteiger partial charge on any atom is 0.333 e. The molecule has 0 aliphatic carbocycles. The average molecular weight is 291 g/mol. The summed E-state index contributed by atoms with van der Waals surface area (Å²) in [5.74, 6) is -0.975. The molecule has 0 unspecified atom stereocenters. The maximum absolute atomic E-state index is 11.1. The van der Waals surface area contributed by atoms with Crippen LogP contribution in [0.15, 0.2) is 18.2 Å². The first-order valence-corrected chi connectivity index (χ1v) is 6.58. The average Bonchev–Trinajstić information content (AvgIpc) is 2.30. The largest absolute Gasteiger partial charge is 0.479 e. The van der Waals surface area contributed by atoms with Gasteiger partial charge in [0, 0.05) is 23.1 Å². The number of benzene rings is 1. The first-order valence-electron chi connectivity index (χ1n) is 5.83. The van der Waals surface area contributed by atoms with Crippen molar-refractivity contribution in [1.82, 2.24) is 0 Å². The predicted octanol–water partition coefficient (Wildman–Crippen LogP) is 3.81. The molecule has 1 rings (SSSR count). The van der Waals surface area contributed by atoms with Crippen LogP contribution in [-0.4, -0.2) is 23.8 Å². The summed E-state index contributed by atoms with van der Waals surface area (Å²) in [4.78, 5) is 11.1. The van der Waals surface area contributed by atoms with Crippen LogP contribution in [0.3, 0.4) is 0 Å². The van der Waals surface area contributed by atoms with Gasteiger partial charge >= 0.3 is 5.97 Å². The minimum absolute atomic E-state index is 0.245. The highest BCUT2D eigenvalue weighted by Gasteiger charge is 2.19. The third kappa shape index (κ3) is 4.84. The van der Waals surface area contributed by atoms with Crippen LogP contribution in [0, 0.1) is 0 Å². The van der Waals surface area contributed by atoms with Gasteiger partial charge in [0.05, 0.1) is 0 Å². The van der Waals surface area contributed by atoms with Gasteiger partial charge in [0.2, 0.25) is 0 Å². The summed E-state index contributed by atoms with van der Waals surface area (Å²) < 4.78 is 5.34. The van der Waals surface area contributed by atoms with Gasteiger partial charge in [-0.25, -0.2) is 4.79 Å². The summed E-state index contributed by atoms with van der Waals surface area (Å²) in [7, 11) is 0. The van der Waals surface area contributed by atoms with Crippen molar-refractivity contribution in [1.29, 1.82) is 0 Å².